The average Bonchev–Trinajstić information content (AvgIpc) is 2.85. The van der Waals surface area contributed by atoms with Gasteiger partial charge in [0.2, 0.25) is 0 Å². The molecule has 2 aliphatic heterocycles. The number of carbonyl (C=O) groups excluding carboxylic acids is 1. The Balaban J connectivity index is 1.98. The monoisotopic (exact) mass is 304 g/mol. The number of amides is 1. The number of rotatable bonds is 2. The molecule has 0 radical (unpaired) electrons. The first-order valence-corrected chi connectivity index (χ1v) is 8.60. The highest BCUT2D eigenvalue weighted by Crippen LogP contribution is 2.41. The van der Waals surface area contributed by atoms with Crippen LogP contribution in [0.3, 0.4) is 0 Å². The topological polar surface area (TPSA) is 32.8 Å². The number of carbonyl (C=O) groups is 1. The molecule has 4 nitrogen and oxygen atoms in total. The first kappa shape index (κ1) is 15.3. The molecule has 0 spiro atoms. The number of hydrogen-bond donors (Lipinski definition) is 1. The molecule has 2 unspecified atom stereocenters. The Morgan fingerprint density at radius 1 is 1.21 bits per heavy atom. The molecule has 110 valence electrons. The molecule has 2 rings (SSSR count). The van der Waals surface area contributed by atoms with Crippen LogP contribution in [0.15, 0.2) is 0 Å². The zero-order valence-corrected chi connectivity index (χ0v) is 14.1. The Bertz CT molecular complexity index is 368. The van der Waals surface area contributed by atoms with Crippen molar-refractivity contribution in [3.8, 4) is 0 Å². The second kappa shape index (κ2) is 5.04. The lowest BCUT2D eigenvalue weighted by atomic mass is 10.2. The normalized spacial score (nSPS) is 28.0. The van der Waals surface area contributed by atoms with Crippen molar-refractivity contribution in [2.24, 2.45) is 0 Å². The Kier molecular flexibility index (Phi) is 4.06. The van der Waals surface area contributed by atoms with Crippen molar-refractivity contribution in [2.75, 3.05) is 13.1 Å². The number of fused-ring (bicyclic) bond motifs is 2. The van der Waals surface area contributed by atoms with E-state index in [4.69, 9.17) is 4.74 Å². The number of likely N-dealkylation sites (tertiary alicyclic amines) is 2. The molecule has 1 amide bonds. The van der Waals surface area contributed by atoms with Crippen molar-refractivity contribution >= 4 is 28.5 Å². The molecule has 0 saturated carbocycles. The summed E-state index contributed by atoms with van der Waals surface area (Å²) in [4.78, 5) is 16.5. The lowest BCUT2D eigenvalue weighted by molar-refractivity contribution is 0.00879. The molecule has 0 aliphatic carbocycles. The molecule has 2 heterocycles. The molecule has 2 bridgehead atoms. The lowest BCUT2D eigenvalue weighted by Gasteiger charge is -2.42. The summed E-state index contributed by atoms with van der Waals surface area (Å²) in [7, 11) is 1.57. The van der Waals surface area contributed by atoms with Crippen LogP contribution in [-0.4, -0.2) is 51.5 Å². The minimum atomic E-state index is -0.418. The Morgan fingerprint density at radius 3 is 2.26 bits per heavy atom. The fraction of sp³-hybridized carbons (Fsp3) is 0.923. The average molecular weight is 304 g/mol. The van der Waals surface area contributed by atoms with E-state index >= 15 is 0 Å². The van der Waals surface area contributed by atoms with Crippen LogP contribution in [0.4, 0.5) is 4.79 Å². The van der Waals surface area contributed by atoms with Crippen LogP contribution >= 0.6 is 22.5 Å². The fourth-order valence-corrected chi connectivity index (χ4v) is 3.57. The first-order valence-electron chi connectivity index (χ1n) is 6.73. The number of hydrogen-bond acceptors (Lipinski definition) is 5. The van der Waals surface area contributed by atoms with Crippen LogP contribution < -0.4 is 0 Å². The first-order chi connectivity index (χ1) is 8.64. The van der Waals surface area contributed by atoms with Gasteiger partial charge in [0.15, 0.2) is 0 Å². The standard InChI is InChI=1S/C13H24N2O2S2/c1-12(2,3)17-11(16)14-7-10-6-9(14)8-15(10)13(4,5)19-18/h9-10,18H,6-8H2,1-5H3. The molecule has 0 N–H and O–H groups in total. The molecule has 2 atom stereocenters. The van der Waals surface area contributed by atoms with E-state index in [-0.39, 0.29) is 11.0 Å². The third-order valence-electron chi connectivity index (χ3n) is 3.78. The molecular formula is C13H24N2O2S2. The van der Waals surface area contributed by atoms with Gasteiger partial charge in [-0.2, -0.15) is 0 Å². The summed E-state index contributed by atoms with van der Waals surface area (Å²) in [6, 6.07) is 0.728. The molecule has 2 saturated heterocycles. The Morgan fingerprint density at radius 2 is 1.84 bits per heavy atom. The number of nitrogens with zero attached hydrogens (tertiary/aromatic N) is 2. The van der Waals surface area contributed by atoms with Gasteiger partial charge in [0.1, 0.15) is 5.60 Å². The van der Waals surface area contributed by atoms with Gasteiger partial charge in [-0.25, -0.2) is 4.79 Å². The van der Waals surface area contributed by atoms with Crippen LogP contribution in [0.1, 0.15) is 41.0 Å². The summed E-state index contributed by atoms with van der Waals surface area (Å²) in [6.07, 6.45) is 0.882. The van der Waals surface area contributed by atoms with Crippen LogP contribution in [0.25, 0.3) is 0 Å². The van der Waals surface area contributed by atoms with Crippen LogP contribution in [0.5, 0.6) is 0 Å². The van der Waals surface area contributed by atoms with Gasteiger partial charge in [0.25, 0.3) is 0 Å². The predicted molar refractivity (Wildman–Crippen MR) is 82.5 cm³/mol. The Hall–Kier alpha value is -0.0700. The summed E-state index contributed by atoms with van der Waals surface area (Å²) < 4.78 is 5.47. The van der Waals surface area contributed by atoms with E-state index in [1.807, 2.05) is 25.7 Å². The largest absolute Gasteiger partial charge is 0.444 e. The van der Waals surface area contributed by atoms with Crippen molar-refractivity contribution in [2.45, 2.75) is 63.6 Å². The molecule has 6 heteroatoms. The van der Waals surface area contributed by atoms with Gasteiger partial charge in [-0.3, -0.25) is 4.90 Å². The third-order valence-corrected chi connectivity index (χ3v) is 5.81. The zero-order valence-electron chi connectivity index (χ0n) is 12.3. The van der Waals surface area contributed by atoms with Gasteiger partial charge in [-0.1, -0.05) is 10.8 Å². The maximum absolute atomic E-state index is 12.1. The molecule has 0 aromatic rings. The van der Waals surface area contributed by atoms with Gasteiger partial charge in [-0.05, 0) is 41.0 Å². The van der Waals surface area contributed by atoms with E-state index < -0.39 is 5.60 Å². The second-order valence-corrected chi connectivity index (χ2v) is 8.60. The number of piperazine rings is 1. The van der Waals surface area contributed by atoms with Crippen LogP contribution in [0.2, 0.25) is 0 Å². The minimum absolute atomic E-state index is 0.0164. The third kappa shape index (κ3) is 3.16. The summed E-state index contributed by atoms with van der Waals surface area (Å²) >= 11 is 4.36. The Labute approximate surface area is 125 Å². The van der Waals surface area contributed by atoms with Crippen LogP contribution in [0, 0.1) is 0 Å². The van der Waals surface area contributed by atoms with E-state index in [0.29, 0.717) is 12.1 Å². The second-order valence-electron chi connectivity index (χ2n) is 6.87. The van der Waals surface area contributed by atoms with Gasteiger partial charge >= 0.3 is 6.09 Å². The number of ether oxygens (including phenoxy) is 1. The van der Waals surface area contributed by atoms with E-state index in [2.05, 4.69) is 30.4 Å². The quantitative estimate of drug-likeness (QED) is 0.628. The smallest absolute Gasteiger partial charge is 0.410 e. The summed E-state index contributed by atoms with van der Waals surface area (Å²) in [6.45, 7) is 11.8. The minimum Gasteiger partial charge on any atom is -0.444 e. The lowest BCUT2D eigenvalue weighted by Crippen LogP contribution is -2.55. The molecule has 2 aliphatic rings. The van der Waals surface area contributed by atoms with Gasteiger partial charge in [0, 0.05) is 25.2 Å². The van der Waals surface area contributed by atoms with E-state index in [9.17, 15) is 4.79 Å². The maximum Gasteiger partial charge on any atom is 0.410 e. The van der Waals surface area contributed by atoms with Crippen molar-refractivity contribution in [3.63, 3.8) is 0 Å². The summed E-state index contributed by atoms with van der Waals surface area (Å²) in [5, 5.41) is 0. The fourth-order valence-electron chi connectivity index (χ4n) is 2.92. The highest BCUT2D eigenvalue weighted by molar-refractivity contribution is 8.69. The molecule has 0 aromatic carbocycles. The molecule has 2 fully saturated rings. The SMILES string of the molecule is CC(C)(C)OC(=O)N1CC2CC1CN2C(C)(C)SS. The molecule has 19 heavy (non-hydrogen) atoms. The van der Waals surface area contributed by atoms with Gasteiger partial charge < -0.3 is 9.64 Å². The van der Waals surface area contributed by atoms with Crippen molar-refractivity contribution in [1.82, 2.24) is 9.80 Å². The van der Waals surface area contributed by atoms with Crippen molar-refractivity contribution in [3.05, 3.63) is 0 Å². The van der Waals surface area contributed by atoms with Crippen molar-refractivity contribution in [1.29, 1.82) is 0 Å². The summed E-state index contributed by atoms with van der Waals surface area (Å²) in [5.74, 6) is 0. The van der Waals surface area contributed by atoms with E-state index in [0.717, 1.165) is 19.5 Å². The van der Waals surface area contributed by atoms with Gasteiger partial charge in [-0.15, -0.1) is 11.7 Å². The van der Waals surface area contributed by atoms with Gasteiger partial charge in [0.05, 0.1) is 4.87 Å². The van der Waals surface area contributed by atoms with Crippen LogP contribution in [-0.2, 0) is 4.74 Å². The summed E-state index contributed by atoms with van der Waals surface area (Å²) in [5.41, 5.74) is -0.418. The van der Waals surface area contributed by atoms with E-state index in [1.54, 1.807) is 10.8 Å². The molecule has 0 aromatic heterocycles. The highest BCUT2D eigenvalue weighted by atomic mass is 33.1. The predicted octanol–water partition coefficient (Wildman–Crippen LogP) is 2.99. The molecular weight excluding hydrogens is 280 g/mol. The highest BCUT2D eigenvalue weighted by Gasteiger charge is 2.50. The maximum atomic E-state index is 12.1. The van der Waals surface area contributed by atoms with Crippen molar-refractivity contribution < 1.29 is 9.53 Å². The number of thiol groups is 1. The zero-order chi connectivity index (χ0) is 14.4. The van der Waals surface area contributed by atoms with E-state index in [1.165, 1.54) is 0 Å².